The molecule has 0 atom stereocenters. The van der Waals surface area contributed by atoms with Crippen LogP contribution in [0.15, 0.2) is 53.4 Å². The molecule has 0 unspecified atom stereocenters. The summed E-state index contributed by atoms with van der Waals surface area (Å²) in [5.74, 6) is 0.321. The molecule has 32 heavy (non-hydrogen) atoms. The Morgan fingerprint density at radius 3 is 2.16 bits per heavy atom. The summed E-state index contributed by atoms with van der Waals surface area (Å²) in [7, 11) is -1.54. The molecule has 0 aromatic heterocycles. The van der Waals surface area contributed by atoms with Gasteiger partial charge in [0.05, 0.1) is 4.90 Å². The van der Waals surface area contributed by atoms with Crippen molar-refractivity contribution in [3.63, 3.8) is 0 Å². The first-order valence-corrected chi connectivity index (χ1v) is 12.4. The Bertz CT molecular complexity index is 1010. The van der Waals surface area contributed by atoms with Gasteiger partial charge in [0.2, 0.25) is 10.0 Å². The van der Waals surface area contributed by atoms with Crippen LogP contribution in [-0.4, -0.2) is 63.4 Å². The number of piperazine rings is 1. The van der Waals surface area contributed by atoms with Gasteiger partial charge in [-0.05, 0) is 60.8 Å². The molecule has 1 aliphatic heterocycles. The van der Waals surface area contributed by atoms with Gasteiger partial charge in [0.25, 0.3) is 5.91 Å². The van der Waals surface area contributed by atoms with Gasteiger partial charge in [-0.1, -0.05) is 32.9 Å². The fourth-order valence-electron chi connectivity index (χ4n) is 3.44. The maximum Gasteiger partial charge on any atom is 0.262 e. The zero-order valence-corrected chi connectivity index (χ0v) is 20.1. The fraction of sp³-hybridized carbons (Fsp3) is 0.458. The van der Waals surface area contributed by atoms with Gasteiger partial charge in [-0.25, -0.2) is 8.42 Å². The van der Waals surface area contributed by atoms with Crippen molar-refractivity contribution in [1.82, 2.24) is 9.21 Å². The van der Waals surface area contributed by atoms with E-state index in [2.05, 4.69) is 31.0 Å². The molecule has 0 bridgehead atoms. The molecule has 1 aliphatic rings. The van der Waals surface area contributed by atoms with Crippen molar-refractivity contribution >= 4 is 21.6 Å². The van der Waals surface area contributed by atoms with Crippen molar-refractivity contribution < 1.29 is 17.9 Å². The van der Waals surface area contributed by atoms with Gasteiger partial charge in [0.1, 0.15) is 5.75 Å². The van der Waals surface area contributed by atoms with Crippen LogP contribution in [0.1, 0.15) is 32.8 Å². The third kappa shape index (κ3) is 5.88. The summed E-state index contributed by atoms with van der Waals surface area (Å²) >= 11 is 0. The largest absolute Gasteiger partial charge is 0.484 e. The van der Waals surface area contributed by atoms with E-state index in [1.165, 1.54) is 22.0 Å². The topological polar surface area (TPSA) is 78.9 Å². The highest BCUT2D eigenvalue weighted by atomic mass is 32.2. The van der Waals surface area contributed by atoms with Crippen LogP contribution in [0.4, 0.5) is 5.69 Å². The number of carbonyl (C=O) groups excluding carboxylic acids is 1. The minimum atomic E-state index is -3.52. The molecule has 2 aromatic carbocycles. The molecule has 1 amide bonds. The van der Waals surface area contributed by atoms with Gasteiger partial charge in [-0.3, -0.25) is 4.79 Å². The van der Waals surface area contributed by atoms with E-state index >= 15 is 0 Å². The predicted molar refractivity (Wildman–Crippen MR) is 127 cm³/mol. The second kappa shape index (κ2) is 10.0. The average molecular weight is 460 g/mol. The summed E-state index contributed by atoms with van der Waals surface area (Å²) in [4.78, 5) is 14.6. The van der Waals surface area contributed by atoms with E-state index in [1.54, 1.807) is 12.1 Å². The number of rotatable bonds is 8. The first kappa shape index (κ1) is 24.2. The lowest BCUT2D eigenvalue weighted by atomic mass is 9.82. The Morgan fingerprint density at radius 1 is 1.00 bits per heavy atom. The lowest BCUT2D eigenvalue weighted by Crippen LogP contribution is -2.46. The van der Waals surface area contributed by atoms with Gasteiger partial charge >= 0.3 is 0 Å². The van der Waals surface area contributed by atoms with Crippen molar-refractivity contribution in [3.05, 3.63) is 54.1 Å². The molecule has 2 aromatic rings. The zero-order chi connectivity index (χ0) is 23.4. The summed E-state index contributed by atoms with van der Waals surface area (Å²) in [5, 5.41) is 2.74. The number of benzene rings is 2. The lowest BCUT2D eigenvalue weighted by molar-refractivity contribution is -0.118. The summed E-state index contributed by atoms with van der Waals surface area (Å²) < 4.78 is 32.7. The average Bonchev–Trinajstić information content (AvgIpc) is 2.78. The third-order valence-corrected chi connectivity index (χ3v) is 8.04. The quantitative estimate of drug-likeness (QED) is 0.655. The number of hydrogen-bond donors (Lipinski definition) is 1. The number of amides is 1. The van der Waals surface area contributed by atoms with Gasteiger partial charge in [0, 0.05) is 31.9 Å². The van der Waals surface area contributed by atoms with Crippen LogP contribution in [0.3, 0.4) is 0 Å². The maximum absolute atomic E-state index is 12.8. The van der Waals surface area contributed by atoms with Crippen molar-refractivity contribution in [3.8, 4) is 5.75 Å². The summed E-state index contributed by atoms with van der Waals surface area (Å²) in [5.41, 5.74) is 1.85. The molecule has 1 fully saturated rings. The number of ether oxygens (including phenoxy) is 1. The molecule has 174 valence electrons. The minimum absolute atomic E-state index is 0.0971. The van der Waals surface area contributed by atoms with Crippen molar-refractivity contribution in [2.75, 3.05) is 45.2 Å². The molecule has 3 rings (SSSR count). The van der Waals surface area contributed by atoms with Crippen LogP contribution in [-0.2, 0) is 20.2 Å². The third-order valence-electron chi connectivity index (χ3n) is 6.13. The van der Waals surface area contributed by atoms with E-state index < -0.39 is 10.0 Å². The zero-order valence-electron chi connectivity index (χ0n) is 19.3. The number of carbonyl (C=O) groups is 1. The Kier molecular flexibility index (Phi) is 7.59. The monoisotopic (exact) mass is 459 g/mol. The molecule has 7 nitrogen and oxygen atoms in total. The van der Waals surface area contributed by atoms with Crippen LogP contribution in [0.2, 0.25) is 0 Å². The van der Waals surface area contributed by atoms with Gasteiger partial charge in [0.15, 0.2) is 6.61 Å². The summed E-state index contributed by atoms with van der Waals surface area (Å²) in [6.07, 6.45) is 1.03. The molecule has 0 spiro atoms. The standard InChI is InChI=1S/C24H33N3O4S/c1-5-24(2,3)19-6-10-21(11-7-19)31-18-23(28)25-20-8-12-22(13-9-20)32(29,30)27-16-14-26(4)15-17-27/h6-13H,5,14-18H2,1-4H3,(H,25,28). The van der Waals surface area contributed by atoms with Crippen LogP contribution < -0.4 is 10.1 Å². The highest BCUT2D eigenvalue weighted by Crippen LogP contribution is 2.28. The number of hydrogen-bond acceptors (Lipinski definition) is 5. The Morgan fingerprint density at radius 2 is 1.59 bits per heavy atom. The number of anilines is 1. The molecule has 0 radical (unpaired) electrons. The number of likely N-dealkylation sites (N-methyl/N-ethyl adjacent to an activating group) is 1. The first-order valence-electron chi connectivity index (χ1n) is 10.9. The second-order valence-electron chi connectivity index (χ2n) is 8.83. The van der Waals surface area contributed by atoms with Crippen molar-refractivity contribution in [2.45, 2.75) is 37.5 Å². The second-order valence-corrected chi connectivity index (χ2v) is 10.8. The van der Waals surface area contributed by atoms with E-state index in [-0.39, 0.29) is 22.8 Å². The molecule has 1 saturated heterocycles. The highest BCUT2D eigenvalue weighted by Gasteiger charge is 2.27. The Labute approximate surface area is 191 Å². The van der Waals surface area contributed by atoms with Gasteiger partial charge in [-0.15, -0.1) is 0 Å². The molecule has 0 aliphatic carbocycles. The van der Waals surface area contributed by atoms with Gasteiger partial charge in [-0.2, -0.15) is 4.31 Å². The molecule has 0 saturated carbocycles. The fourth-order valence-corrected chi connectivity index (χ4v) is 4.86. The van der Waals surface area contributed by atoms with Crippen LogP contribution >= 0.6 is 0 Å². The van der Waals surface area contributed by atoms with E-state index in [0.29, 0.717) is 37.6 Å². The Hall–Kier alpha value is -2.42. The molecule has 1 heterocycles. The molecular formula is C24H33N3O4S. The first-order chi connectivity index (χ1) is 15.1. The van der Waals surface area contributed by atoms with E-state index in [4.69, 9.17) is 4.74 Å². The smallest absolute Gasteiger partial charge is 0.262 e. The lowest BCUT2D eigenvalue weighted by Gasteiger charge is -2.31. The predicted octanol–water partition coefficient (Wildman–Crippen LogP) is 3.33. The van der Waals surface area contributed by atoms with Crippen LogP contribution in [0, 0.1) is 0 Å². The molecule has 8 heteroatoms. The molecule has 1 N–H and O–H groups in total. The van der Waals surface area contributed by atoms with E-state index in [1.807, 2.05) is 31.3 Å². The van der Waals surface area contributed by atoms with E-state index in [0.717, 1.165) is 6.42 Å². The summed E-state index contributed by atoms with van der Waals surface area (Å²) in [6, 6.07) is 14.0. The highest BCUT2D eigenvalue weighted by molar-refractivity contribution is 7.89. The van der Waals surface area contributed by atoms with Crippen LogP contribution in [0.25, 0.3) is 0 Å². The SMILES string of the molecule is CCC(C)(C)c1ccc(OCC(=O)Nc2ccc(S(=O)(=O)N3CCN(C)CC3)cc2)cc1. The minimum Gasteiger partial charge on any atom is -0.484 e. The number of nitrogens with zero attached hydrogens (tertiary/aromatic N) is 2. The summed E-state index contributed by atoms with van der Waals surface area (Å²) in [6.45, 7) is 8.80. The van der Waals surface area contributed by atoms with Gasteiger partial charge < -0.3 is 15.0 Å². The number of sulfonamides is 1. The maximum atomic E-state index is 12.8. The van der Waals surface area contributed by atoms with Crippen LogP contribution in [0.5, 0.6) is 5.75 Å². The number of nitrogens with one attached hydrogen (secondary N) is 1. The normalized spacial score (nSPS) is 16.0. The van der Waals surface area contributed by atoms with Crippen molar-refractivity contribution in [2.24, 2.45) is 0 Å². The Balaban J connectivity index is 1.53. The van der Waals surface area contributed by atoms with Crippen molar-refractivity contribution in [1.29, 1.82) is 0 Å². The molecular weight excluding hydrogens is 426 g/mol. The van der Waals surface area contributed by atoms with E-state index in [9.17, 15) is 13.2 Å².